The van der Waals surface area contributed by atoms with Gasteiger partial charge in [0.15, 0.2) is 0 Å². The van der Waals surface area contributed by atoms with Crippen LogP contribution in [-0.4, -0.2) is 21.4 Å². The molecular formula is C10H17N3O. The van der Waals surface area contributed by atoms with Crippen molar-refractivity contribution in [2.75, 3.05) is 6.54 Å². The van der Waals surface area contributed by atoms with Crippen molar-refractivity contribution in [2.24, 2.45) is 12.8 Å². The number of hydrogen-bond donors (Lipinski definition) is 2. The Morgan fingerprint density at radius 2 is 2.21 bits per heavy atom. The van der Waals surface area contributed by atoms with Crippen molar-refractivity contribution in [3.8, 4) is 0 Å². The molecule has 0 saturated carbocycles. The van der Waals surface area contributed by atoms with E-state index in [1.807, 2.05) is 11.7 Å². The molecule has 0 saturated heterocycles. The van der Waals surface area contributed by atoms with Gasteiger partial charge in [-0.05, 0) is 31.2 Å². The van der Waals surface area contributed by atoms with Crippen molar-refractivity contribution in [3.63, 3.8) is 0 Å². The van der Waals surface area contributed by atoms with Crippen LogP contribution in [0.2, 0.25) is 0 Å². The Morgan fingerprint density at radius 1 is 1.50 bits per heavy atom. The molecule has 78 valence electrons. The van der Waals surface area contributed by atoms with Crippen molar-refractivity contribution >= 4 is 0 Å². The fourth-order valence-corrected chi connectivity index (χ4v) is 2.18. The quantitative estimate of drug-likeness (QED) is 0.713. The molecule has 0 fully saturated rings. The molecule has 1 aliphatic carbocycles. The first-order chi connectivity index (χ1) is 6.74. The number of aliphatic hydroxyl groups is 1. The minimum Gasteiger partial charge on any atom is -0.385 e. The minimum absolute atomic E-state index is 0.253. The molecule has 4 heteroatoms. The molecule has 3 N–H and O–H groups in total. The van der Waals surface area contributed by atoms with E-state index >= 15 is 0 Å². The Kier molecular flexibility index (Phi) is 2.56. The maximum atomic E-state index is 9.70. The summed E-state index contributed by atoms with van der Waals surface area (Å²) in [5, 5.41) is 14.0. The highest BCUT2D eigenvalue weighted by atomic mass is 16.3. The van der Waals surface area contributed by atoms with Gasteiger partial charge in [0, 0.05) is 19.3 Å². The molecular weight excluding hydrogens is 178 g/mol. The monoisotopic (exact) mass is 195 g/mol. The number of rotatable bonds is 2. The fourth-order valence-electron chi connectivity index (χ4n) is 2.18. The molecule has 0 amide bonds. The van der Waals surface area contributed by atoms with Crippen LogP contribution >= 0.6 is 0 Å². The van der Waals surface area contributed by atoms with E-state index in [2.05, 4.69) is 5.10 Å². The number of nitrogens with zero attached hydrogens (tertiary/aromatic N) is 2. The number of hydrogen-bond acceptors (Lipinski definition) is 3. The van der Waals surface area contributed by atoms with Crippen LogP contribution in [0.5, 0.6) is 0 Å². The van der Waals surface area contributed by atoms with Crippen LogP contribution in [0.15, 0.2) is 0 Å². The molecule has 0 aromatic carbocycles. The molecule has 1 unspecified atom stereocenters. The fraction of sp³-hybridized carbons (Fsp3) is 0.700. The van der Waals surface area contributed by atoms with E-state index in [-0.39, 0.29) is 6.54 Å². The van der Waals surface area contributed by atoms with Crippen LogP contribution < -0.4 is 5.73 Å². The Bertz CT molecular complexity index is 332. The zero-order valence-electron chi connectivity index (χ0n) is 8.53. The number of nitrogens with two attached hydrogens (primary N) is 1. The smallest absolute Gasteiger partial charge is 0.110 e. The van der Waals surface area contributed by atoms with E-state index in [9.17, 15) is 5.11 Å². The number of aliphatic hydroxyl groups excluding tert-OH is 1. The van der Waals surface area contributed by atoms with Crippen LogP contribution in [0.1, 0.15) is 35.9 Å². The molecule has 14 heavy (non-hydrogen) atoms. The Morgan fingerprint density at radius 3 is 2.93 bits per heavy atom. The van der Waals surface area contributed by atoms with Crippen LogP contribution in [0.25, 0.3) is 0 Å². The van der Waals surface area contributed by atoms with Crippen LogP contribution in [0.3, 0.4) is 0 Å². The SMILES string of the molecule is Cn1nc(C(O)CN)c2c1CCCC2. The van der Waals surface area contributed by atoms with Gasteiger partial charge in [-0.15, -0.1) is 0 Å². The molecule has 4 nitrogen and oxygen atoms in total. The summed E-state index contributed by atoms with van der Waals surface area (Å²) in [7, 11) is 1.94. The van der Waals surface area contributed by atoms with Crippen LogP contribution in [-0.2, 0) is 19.9 Å². The van der Waals surface area contributed by atoms with E-state index in [0.717, 1.165) is 18.5 Å². The third-order valence-electron chi connectivity index (χ3n) is 2.94. The third-order valence-corrected chi connectivity index (χ3v) is 2.94. The summed E-state index contributed by atoms with van der Waals surface area (Å²) in [6, 6.07) is 0. The van der Waals surface area contributed by atoms with Crippen molar-refractivity contribution in [3.05, 3.63) is 17.0 Å². The second-order valence-corrected chi connectivity index (χ2v) is 3.89. The molecule has 0 aliphatic heterocycles. The highest BCUT2D eigenvalue weighted by molar-refractivity contribution is 5.30. The van der Waals surface area contributed by atoms with E-state index in [1.165, 1.54) is 24.1 Å². The molecule has 1 heterocycles. The lowest BCUT2D eigenvalue weighted by Gasteiger charge is -2.13. The Hall–Kier alpha value is -0.870. The first-order valence-electron chi connectivity index (χ1n) is 5.16. The second kappa shape index (κ2) is 3.71. The predicted octanol–water partition coefficient (Wildman–Crippen LogP) is 0.291. The van der Waals surface area contributed by atoms with Gasteiger partial charge in [0.05, 0.1) is 5.69 Å². The largest absolute Gasteiger partial charge is 0.385 e. The Labute approximate surface area is 83.7 Å². The maximum absolute atomic E-state index is 9.70. The van der Waals surface area contributed by atoms with E-state index < -0.39 is 6.10 Å². The molecule has 1 aromatic rings. The number of aryl methyl sites for hydroxylation is 1. The average Bonchev–Trinajstić information content (AvgIpc) is 2.56. The summed E-state index contributed by atoms with van der Waals surface area (Å²) in [5.74, 6) is 0. The van der Waals surface area contributed by atoms with Gasteiger partial charge in [0.1, 0.15) is 6.10 Å². The summed E-state index contributed by atoms with van der Waals surface area (Å²) in [6.07, 6.45) is 3.95. The summed E-state index contributed by atoms with van der Waals surface area (Å²) in [6.45, 7) is 0.253. The van der Waals surface area contributed by atoms with E-state index in [1.54, 1.807) is 0 Å². The summed E-state index contributed by atoms with van der Waals surface area (Å²) < 4.78 is 1.89. The van der Waals surface area contributed by atoms with Gasteiger partial charge in [0.2, 0.25) is 0 Å². The highest BCUT2D eigenvalue weighted by Gasteiger charge is 2.22. The van der Waals surface area contributed by atoms with Gasteiger partial charge in [0.25, 0.3) is 0 Å². The summed E-state index contributed by atoms with van der Waals surface area (Å²) >= 11 is 0. The first kappa shape index (κ1) is 9.68. The molecule has 0 radical (unpaired) electrons. The van der Waals surface area contributed by atoms with Gasteiger partial charge in [-0.1, -0.05) is 0 Å². The standard InChI is InChI=1S/C10H17N3O/c1-13-8-5-3-2-4-7(8)10(12-13)9(14)6-11/h9,14H,2-6,11H2,1H3. The molecule has 0 spiro atoms. The van der Waals surface area contributed by atoms with Crippen molar-refractivity contribution < 1.29 is 5.11 Å². The number of fused-ring (bicyclic) bond motifs is 1. The van der Waals surface area contributed by atoms with Crippen LogP contribution in [0, 0.1) is 0 Å². The zero-order chi connectivity index (χ0) is 10.1. The lowest BCUT2D eigenvalue weighted by atomic mass is 9.94. The summed E-state index contributed by atoms with van der Waals surface area (Å²) in [4.78, 5) is 0. The van der Waals surface area contributed by atoms with Crippen molar-refractivity contribution in [1.29, 1.82) is 0 Å². The van der Waals surface area contributed by atoms with Gasteiger partial charge >= 0.3 is 0 Å². The van der Waals surface area contributed by atoms with Crippen LogP contribution in [0.4, 0.5) is 0 Å². The highest BCUT2D eigenvalue weighted by Crippen LogP contribution is 2.26. The van der Waals surface area contributed by atoms with Gasteiger partial charge in [-0.25, -0.2) is 0 Å². The topological polar surface area (TPSA) is 64.1 Å². The molecule has 2 rings (SSSR count). The minimum atomic E-state index is -0.594. The van der Waals surface area contributed by atoms with Gasteiger partial charge in [-0.2, -0.15) is 5.10 Å². The van der Waals surface area contributed by atoms with Crippen molar-refractivity contribution in [1.82, 2.24) is 9.78 Å². The van der Waals surface area contributed by atoms with E-state index in [0.29, 0.717) is 0 Å². The van der Waals surface area contributed by atoms with Crippen molar-refractivity contribution in [2.45, 2.75) is 31.8 Å². The molecule has 1 atom stereocenters. The van der Waals surface area contributed by atoms with Gasteiger partial charge in [-0.3, -0.25) is 4.68 Å². The predicted molar refractivity (Wildman–Crippen MR) is 53.9 cm³/mol. The second-order valence-electron chi connectivity index (χ2n) is 3.89. The number of aromatic nitrogens is 2. The third kappa shape index (κ3) is 1.44. The molecule has 0 bridgehead atoms. The molecule has 1 aliphatic rings. The lowest BCUT2D eigenvalue weighted by molar-refractivity contribution is 0.180. The van der Waals surface area contributed by atoms with Gasteiger partial charge < -0.3 is 10.8 Å². The normalized spacial score (nSPS) is 17.9. The first-order valence-corrected chi connectivity index (χ1v) is 5.16. The molecule has 1 aromatic heterocycles. The maximum Gasteiger partial charge on any atom is 0.110 e. The van der Waals surface area contributed by atoms with E-state index in [4.69, 9.17) is 5.73 Å². The zero-order valence-corrected chi connectivity index (χ0v) is 8.53. The summed E-state index contributed by atoms with van der Waals surface area (Å²) in [5.41, 5.74) is 8.75. The Balaban J connectivity index is 2.41. The average molecular weight is 195 g/mol. The lowest BCUT2D eigenvalue weighted by Crippen LogP contribution is -2.14.